The number of carbonyl (C=O) groups is 1. The maximum absolute atomic E-state index is 12.2. The molecule has 1 aromatic heterocycles. The number of aromatic nitrogens is 1. The number of hydrogen-bond acceptors (Lipinski definition) is 4. The second-order valence-electron chi connectivity index (χ2n) is 4.59. The number of carbonyl (C=O) groups excluding carboxylic acids is 1. The number of ether oxygens (including phenoxy) is 2. The lowest BCUT2D eigenvalue weighted by Gasteiger charge is -2.20. The fourth-order valence-electron chi connectivity index (χ4n) is 2.02. The number of pyridine rings is 1. The van der Waals surface area contributed by atoms with Gasteiger partial charge in [0.2, 0.25) is 0 Å². The highest BCUT2D eigenvalue weighted by Gasteiger charge is 2.17. The molecule has 1 aliphatic rings. The highest BCUT2D eigenvalue weighted by molar-refractivity contribution is 6.34. The molecule has 108 valence electrons. The molecule has 1 amide bonds. The lowest BCUT2D eigenvalue weighted by Crippen LogP contribution is -2.17. The first kappa shape index (κ1) is 13.7. The molecular formula is C15H13ClN2O3. The molecule has 0 atom stereocenters. The Morgan fingerprint density at radius 3 is 2.67 bits per heavy atom. The smallest absolute Gasteiger partial charge is 0.274 e. The van der Waals surface area contributed by atoms with Crippen molar-refractivity contribution in [2.24, 2.45) is 0 Å². The van der Waals surface area contributed by atoms with E-state index in [0.717, 1.165) is 5.69 Å². The summed E-state index contributed by atoms with van der Waals surface area (Å²) in [6.07, 6.45) is 0. The van der Waals surface area contributed by atoms with Crippen molar-refractivity contribution in [1.29, 1.82) is 0 Å². The van der Waals surface area contributed by atoms with E-state index in [1.165, 1.54) is 0 Å². The molecule has 5 nitrogen and oxygen atoms in total. The molecule has 1 aromatic carbocycles. The van der Waals surface area contributed by atoms with Crippen molar-refractivity contribution >= 4 is 23.2 Å². The molecule has 0 spiro atoms. The quantitative estimate of drug-likeness (QED) is 0.926. The maximum atomic E-state index is 12.2. The van der Waals surface area contributed by atoms with Gasteiger partial charge in [0, 0.05) is 17.8 Å². The molecule has 0 fully saturated rings. The highest BCUT2D eigenvalue weighted by atomic mass is 35.5. The van der Waals surface area contributed by atoms with E-state index in [9.17, 15) is 4.79 Å². The van der Waals surface area contributed by atoms with Crippen LogP contribution in [0.25, 0.3) is 0 Å². The number of amides is 1. The van der Waals surface area contributed by atoms with Crippen LogP contribution in [0.5, 0.6) is 11.5 Å². The monoisotopic (exact) mass is 304 g/mol. The first-order valence-corrected chi connectivity index (χ1v) is 6.85. The standard InChI is InChI=1S/C15H13ClN2O3/c1-9-3-2-4-11(17-9)15(19)18-12-8-14-13(7-10(12)16)20-5-6-21-14/h2-4,7-8H,5-6H2,1H3,(H,18,19). The Morgan fingerprint density at radius 2 is 1.95 bits per heavy atom. The zero-order valence-electron chi connectivity index (χ0n) is 11.4. The normalized spacial score (nSPS) is 12.9. The van der Waals surface area contributed by atoms with Crippen LogP contribution in [-0.2, 0) is 0 Å². The van der Waals surface area contributed by atoms with Crippen LogP contribution in [0.1, 0.15) is 16.2 Å². The Labute approximate surface area is 126 Å². The largest absolute Gasteiger partial charge is 0.486 e. The van der Waals surface area contributed by atoms with E-state index in [4.69, 9.17) is 21.1 Å². The first-order valence-electron chi connectivity index (χ1n) is 6.47. The van der Waals surface area contributed by atoms with E-state index in [1.807, 2.05) is 13.0 Å². The van der Waals surface area contributed by atoms with Gasteiger partial charge in [0.1, 0.15) is 18.9 Å². The number of anilines is 1. The van der Waals surface area contributed by atoms with Gasteiger partial charge in [0.05, 0.1) is 10.7 Å². The fourth-order valence-corrected chi connectivity index (χ4v) is 2.22. The van der Waals surface area contributed by atoms with Crippen molar-refractivity contribution < 1.29 is 14.3 Å². The molecule has 0 bridgehead atoms. The molecule has 21 heavy (non-hydrogen) atoms. The third kappa shape index (κ3) is 2.92. The summed E-state index contributed by atoms with van der Waals surface area (Å²) in [5, 5.41) is 3.12. The topological polar surface area (TPSA) is 60.5 Å². The van der Waals surface area contributed by atoms with Gasteiger partial charge >= 0.3 is 0 Å². The third-order valence-corrected chi connectivity index (χ3v) is 3.31. The van der Waals surface area contributed by atoms with E-state index >= 15 is 0 Å². The van der Waals surface area contributed by atoms with Crippen LogP contribution in [0.4, 0.5) is 5.69 Å². The van der Waals surface area contributed by atoms with Crippen LogP contribution in [-0.4, -0.2) is 24.1 Å². The molecule has 0 saturated carbocycles. The predicted octanol–water partition coefficient (Wildman–Crippen LogP) is 3.07. The summed E-state index contributed by atoms with van der Waals surface area (Å²) < 4.78 is 10.9. The van der Waals surface area contributed by atoms with Gasteiger partial charge in [-0.2, -0.15) is 0 Å². The van der Waals surface area contributed by atoms with Gasteiger partial charge in [-0.25, -0.2) is 4.98 Å². The van der Waals surface area contributed by atoms with Crippen molar-refractivity contribution in [2.75, 3.05) is 18.5 Å². The highest BCUT2D eigenvalue weighted by Crippen LogP contribution is 2.38. The number of fused-ring (bicyclic) bond motifs is 1. The van der Waals surface area contributed by atoms with Crippen molar-refractivity contribution in [3.8, 4) is 11.5 Å². The minimum absolute atomic E-state index is 0.322. The van der Waals surface area contributed by atoms with Gasteiger partial charge in [0.15, 0.2) is 11.5 Å². The van der Waals surface area contributed by atoms with Gasteiger partial charge in [-0.05, 0) is 19.1 Å². The van der Waals surface area contributed by atoms with Crippen LogP contribution in [0, 0.1) is 6.92 Å². The fraction of sp³-hybridized carbons (Fsp3) is 0.200. The second kappa shape index (κ2) is 5.61. The SMILES string of the molecule is Cc1cccc(C(=O)Nc2cc3c(cc2Cl)OCCO3)n1. The number of rotatable bonds is 2. The maximum Gasteiger partial charge on any atom is 0.274 e. The molecule has 0 saturated heterocycles. The lowest BCUT2D eigenvalue weighted by molar-refractivity contribution is 0.102. The molecule has 2 aromatic rings. The van der Waals surface area contributed by atoms with Gasteiger partial charge in [-0.3, -0.25) is 4.79 Å². The van der Waals surface area contributed by atoms with E-state index in [2.05, 4.69) is 10.3 Å². The predicted molar refractivity (Wildman–Crippen MR) is 79.4 cm³/mol. The number of aryl methyl sites for hydroxylation is 1. The molecule has 2 heterocycles. The zero-order chi connectivity index (χ0) is 14.8. The van der Waals surface area contributed by atoms with Gasteiger partial charge in [-0.15, -0.1) is 0 Å². The van der Waals surface area contributed by atoms with E-state index in [-0.39, 0.29) is 5.91 Å². The lowest BCUT2D eigenvalue weighted by atomic mass is 10.2. The summed E-state index contributed by atoms with van der Waals surface area (Å²) in [4.78, 5) is 16.4. The van der Waals surface area contributed by atoms with E-state index in [1.54, 1.807) is 24.3 Å². The molecule has 0 radical (unpaired) electrons. The summed E-state index contributed by atoms with van der Waals surface area (Å²) in [7, 11) is 0. The minimum Gasteiger partial charge on any atom is -0.486 e. The van der Waals surface area contributed by atoms with Crippen LogP contribution < -0.4 is 14.8 Å². The van der Waals surface area contributed by atoms with Crippen molar-refractivity contribution in [1.82, 2.24) is 4.98 Å². The van der Waals surface area contributed by atoms with Crippen molar-refractivity contribution in [2.45, 2.75) is 6.92 Å². The summed E-state index contributed by atoms with van der Waals surface area (Å²) in [6.45, 7) is 2.79. The molecule has 0 unspecified atom stereocenters. The Kier molecular flexibility index (Phi) is 3.66. The minimum atomic E-state index is -0.322. The molecule has 6 heteroatoms. The summed E-state index contributed by atoms with van der Waals surface area (Å²) >= 11 is 6.15. The van der Waals surface area contributed by atoms with Crippen LogP contribution in [0.2, 0.25) is 5.02 Å². The molecule has 1 N–H and O–H groups in total. The summed E-state index contributed by atoms with van der Waals surface area (Å²) in [6, 6.07) is 8.55. The number of nitrogens with zero attached hydrogens (tertiary/aromatic N) is 1. The first-order chi connectivity index (χ1) is 10.1. The zero-order valence-corrected chi connectivity index (χ0v) is 12.1. The van der Waals surface area contributed by atoms with Gasteiger partial charge < -0.3 is 14.8 Å². The summed E-state index contributed by atoms with van der Waals surface area (Å²) in [5.74, 6) is 0.827. The summed E-state index contributed by atoms with van der Waals surface area (Å²) in [5.41, 5.74) is 1.58. The number of nitrogens with one attached hydrogen (secondary N) is 1. The number of halogens is 1. The van der Waals surface area contributed by atoms with Crippen molar-refractivity contribution in [3.05, 3.63) is 46.7 Å². The van der Waals surface area contributed by atoms with Gasteiger partial charge in [-0.1, -0.05) is 17.7 Å². The molecule has 3 rings (SSSR count). The number of benzene rings is 1. The van der Waals surface area contributed by atoms with Crippen LogP contribution >= 0.6 is 11.6 Å². The molecular weight excluding hydrogens is 292 g/mol. The van der Waals surface area contributed by atoms with E-state index in [0.29, 0.717) is 41.1 Å². The Morgan fingerprint density at radius 1 is 1.24 bits per heavy atom. The van der Waals surface area contributed by atoms with Crippen LogP contribution in [0.15, 0.2) is 30.3 Å². The average molecular weight is 305 g/mol. The molecule has 0 aliphatic carbocycles. The van der Waals surface area contributed by atoms with Crippen molar-refractivity contribution in [3.63, 3.8) is 0 Å². The number of hydrogen-bond donors (Lipinski definition) is 1. The Bertz CT molecular complexity index is 703. The Balaban J connectivity index is 1.86. The van der Waals surface area contributed by atoms with Crippen LogP contribution in [0.3, 0.4) is 0 Å². The third-order valence-electron chi connectivity index (χ3n) is 3.00. The van der Waals surface area contributed by atoms with E-state index < -0.39 is 0 Å². The van der Waals surface area contributed by atoms with Gasteiger partial charge in [0.25, 0.3) is 5.91 Å². The Hall–Kier alpha value is -2.27. The molecule has 1 aliphatic heterocycles. The second-order valence-corrected chi connectivity index (χ2v) is 5.00. The average Bonchev–Trinajstić information content (AvgIpc) is 2.48.